The van der Waals surface area contributed by atoms with Gasteiger partial charge >= 0.3 is 0 Å². The van der Waals surface area contributed by atoms with Crippen molar-refractivity contribution in [3.05, 3.63) is 89.4 Å². The molecule has 2 atom stereocenters. The van der Waals surface area contributed by atoms with Crippen molar-refractivity contribution in [1.29, 1.82) is 0 Å². The van der Waals surface area contributed by atoms with Crippen molar-refractivity contribution in [1.82, 2.24) is 10.2 Å². The molecule has 0 aliphatic carbocycles. The zero-order valence-electron chi connectivity index (χ0n) is 22.5. The van der Waals surface area contributed by atoms with Crippen molar-refractivity contribution in [3.8, 4) is 5.75 Å². The van der Waals surface area contributed by atoms with Crippen LogP contribution in [0, 0.1) is 0 Å². The number of benzene rings is 3. The van der Waals surface area contributed by atoms with Crippen LogP contribution in [0.1, 0.15) is 32.8 Å². The fourth-order valence-corrected chi connectivity index (χ4v) is 5.61. The molecule has 0 bridgehead atoms. The number of methoxy groups -OCH3 is 1. The summed E-state index contributed by atoms with van der Waals surface area (Å²) in [7, 11) is -2.75. The first kappa shape index (κ1) is 30.0. The lowest BCUT2D eigenvalue weighted by molar-refractivity contribution is -0.139. The SMILES string of the molecule is CCC(C)NC(=O)C(C)N(Cc1cccc(Cl)c1)C(=O)CN(c1ccccc1OC)S(=O)(=O)c1ccccc1. The first-order chi connectivity index (χ1) is 18.6. The van der Waals surface area contributed by atoms with Crippen molar-refractivity contribution in [2.45, 2.75) is 50.7 Å². The molecule has 1 N–H and O–H groups in total. The number of hydrogen-bond donors (Lipinski definition) is 1. The second kappa shape index (κ2) is 13.5. The molecule has 0 fully saturated rings. The smallest absolute Gasteiger partial charge is 0.264 e. The Morgan fingerprint density at radius 1 is 0.974 bits per heavy atom. The van der Waals surface area contributed by atoms with Crippen LogP contribution in [0.15, 0.2) is 83.8 Å². The predicted octanol–water partition coefficient (Wildman–Crippen LogP) is 4.88. The molecule has 0 aliphatic heterocycles. The lowest BCUT2D eigenvalue weighted by atomic mass is 10.1. The second-order valence-electron chi connectivity index (χ2n) is 9.14. The van der Waals surface area contributed by atoms with Crippen molar-refractivity contribution in [2.75, 3.05) is 18.0 Å². The third kappa shape index (κ3) is 7.52. The summed E-state index contributed by atoms with van der Waals surface area (Å²) in [6.45, 7) is 4.95. The summed E-state index contributed by atoms with van der Waals surface area (Å²) in [4.78, 5) is 28.5. The number of ether oxygens (including phenoxy) is 1. The van der Waals surface area contributed by atoms with Crippen molar-refractivity contribution < 1.29 is 22.7 Å². The standard InChI is InChI=1S/C29H34ClN3O5S/c1-5-21(2)31-29(35)22(3)32(19-23-12-11-13-24(30)18-23)28(34)20-33(26-16-9-10-17-27(26)38-4)39(36,37)25-14-7-6-8-15-25/h6-18,21-22H,5,19-20H2,1-4H3,(H,31,35). The number of anilines is 1. The van der Waals surface area contributed by atoms with Gasteiger partial charge in [0.15, 0.2) is 0 Å². The molecule has 3 aromatic carbocycles. The molecule has 39 heavy (non-hydrogen) atoms. The van der Waals surface area contributed by atoms with Gasteiger partial charge in [0, 0.05) is 17.6 Å². The third-order valence-corrected chi connectivity index (χ3v) is 8.38. The molecule has 0 saturated heterocycles. The Bertz CT molecular complexity index is 1380. The van der Waals surface area contributed by atoms with Gasteiger partial charge in [-0.15, -0.1) is 0 Å². The summed E-state index contributed by atoms with van der Waals surface area (Å²) in [6, 6.07) is 20.4. The highest BCUT2D eigenvalue weighted by atomic mass is 35.5. The van der Waals surface area contributed by atoms with Gasteiger partial charge in [-0.05, 0) is 62.2 Å². The number of amides is 2. The summed E-state index contributed by atoms with van der Waals surface area (Å²) in [5, 5.41) is 3.40. The summed E-state index contributed by atoms with van der Waals surface area (Å²) in [5.41, 5.74) is 0.908. The Balaban J connectivity index is 2.05. The van der Waals surface area contributed by atoms with Crippen LogP contribution in [0.25, 0.3) is 0 Å². The molecule has 0 spiro atoms. The fourth-order valence-electron chi connectivity index (χ4n) is 3.95. The number of nitrogens with one attached hydrogen (secondary N) is 1. The molecule has 0 radical (unpaired) electrons. The van der Waals surface area contributed by atoms with Crippen molar-refractivity contribution in [3.63, 3.8) is 0 Å². The number of nitrogens with zero attached hydrogens (tertiary/aromatic N) is 2. The minimum Gasteiger partial charge on any atom is -0.495 e. The monoisotopic (exact) mass is 571 g/mol. The summed E-state index contributed by atoms with van der Waals surface area (Å²) < 4.78 is 34.2. The average Bonchev–Trinajstić information content (AvgIpc) is 2.94. The quantitative estimate of drug-likeness (QED) is 0.334. The zero-order chi connectivity index (χ0) is 28.6. The maximum atomic E-state index is 14.0. The van der Waals surface area contributed by atoms with Crippen LogP contribution in [0.3, 0.4) is 0 Å². The molecule has 8 nitrogen and oxygen atoms in total. The highest BCUT2D eigenvalue weighted by molar-refractivity contribution is 7.92. The maximum absolute atomic E-state index is 14.0. The highest BCUT2D eigenvalue weighted by Crippen LogP contribution is 2.32. The second-order valence-corrected chi connectivity index (χ2v) is 11.4. The molecule has 3 aromatic rings. The molecule has 0 aliphatic rings. The molecular formula is C29H34ClN3O5S. The van der Waals surface area contributed by atoms with Crippen LogP contribution >= 0.6 is 11.6 Å². The van der Waals surface area contributed by atoms with E-state index in [0.717, 1.165) is 10.7 Å². The van der Waals surface area contributed by atoms with Gasteiger partial charge in [-0.25, -0.2) is 8.42 Å². The largest absolute Gasteiger partial charge is 0.495 e. The van der Waals surface area contributed by atoms with E-state index >= 15 is 0 Å². The van der Waals surface area contributed by atoms with Crippen LogP contribution in [-0.2, 0) is 26.2 Å². The lowest BCUT2D eigenvalue weighted by Crippen LogP contribution is -2.52. The molecular weight excluding hydrogens is 538 g/mol. The Labute approximate surface area is 235 Å². The van der Waals surface area contributed by atoms with Crippen molar-refractivity contribution >= 4 is 39.1 Å². The van der Waals surface area contributed by atoms with E-state index < -0.39 is 28.5 Å². The Hall–Kier alpha value is -3.56. The molecule has 2 unspecified atom stereocenters. The van der Waals surface area contributed by atoms with Gasteiger partial charge in [0.1, 0.15) is 18.3 Å². The molecule has 208 valence electrons. The maximum Gasteiger partial charge on any atom is 0.264 e. The minimum atomic E-state index is -4.18. The minimum absolute atomic E-state index is 0.0210. The van der Waals surface area contributed by atoms with E-state index in [-0.39, 0.29) is 34.8 Å². The number of rotatable bonds is 12. The number of carbonyl (C=O) groups excluding carboxylic acids is 2. The van der Waals surface area contributed by atoms with Gasteiger partial charge in [0.2, 0.25) is 11.8 Å². The molecule has 0 heterocycles. The zero-order valence-corrected chi connectivity index (χ0v) is 24.1. The molecule has 10 heteroatoms. The Morgan fingerprint density at radius 2 is 1.64 bits per heavy atom. The Morgan fingerprint density at radius 3 is 2.28 bits per heavy atom. The van der Waals surface area contributed by atoms with E-state index in [1.54, 1.807) is 73.7 Å². The number of carbonyl (C=O) groups is 2. The summed E-state index contributed by atoms with van der Waals surface area (Å²) >= 11 is 6.18. The van der Waals surface area contributed by atoms with Crippen LogP contribution in [0.4, 0.5) is 5.69 Å². The van der Waals surface area contributed by atoms with Crippen LogP contribution in [-0.4, -0.2) is 50.9 Å². The molecule has 0 saturated carbocycles. The fraction of sp³-hybridized carbons (Fsp3) is 0.310. The number of halogens is 1. The van der Waals surface area contributed by atoms with E-state index in [9.17, 15) is 18.0 Å². The van der Waals surface area contributed by atoms with Gasteiger partial charge in [-0.3, -0.25) is 13.9 Å². The number of sulfonamides is 1. The highest BCUT2D eigenvalue weighted by Gasteiger charge is 2.33. The molecule has 0 aromatic heterocycles. The van der Waals surface area contributed by atoms with E-state index in [0.29, 0.717) is 10.6 Å². The first-order valence-corrected chi connectivity index (χ1v) is 14.4. The van der Waals surface area contributed by atoms with Gasteiger partial charge in [0.25, 0.3) is 10.0 Å². The van der Waals surface area contributed by atoms with E-state index in [1.165, 1.54) is 24.1 Å². The summed E-state index contributed by atoms with van der Waals surface area (Å²) in [5.74, 6) is -0.615. The van der Waals surface area contributed by atoms with Crippen molar-refractivity contribution in [2.24, 2.45) is 0 Å². The van der Waals surface area contributed by atoms with E-state index in [4.69, 9.17) is 16.3 Å². The van der Waals surface area contributed by atoms with Gasteiger partial charge in [-0.2, -0.15) is 0 Å². The van der Waals surface area contributed by atoms with Crippen LogP contribution in [0.2, 0.25) is 5.02 Å². The third-order valence-electron chi connectivity index (χ3n) is 6.37. The molecule has 2 amide bonds. The number of para-hydroxylation sites is 2. The van der Waals surface area contributed by atoms with E-state index in [2.05, 4.69) is 5.32 Å². The first-order valence-electron chi connectivity index (χ1n) is 12.6. The average molecular weight is 572 g/mol. The lowest BCUT2D eigenvalue weighted by Gasteiger charge is -2.32. The van der Waals surface area contributed by atoms with Crippen LogP contribution < -0.4 is 14.4 Å². The normalized spacial score (nSPS) is 12.7. The topological polar surface area (TPSA) is 96.0 Å². The Kier molecular flexibility index (Phi) is 10.4. The van der Waals surface area contributed by atoms with Gasteiger partial charge in [-0.1, -0.05) is 61.0 Å². The van der Waals surface area contributed by atoms with Gasteiger partial charge < -0.3 is 15.0 Å². The van der Waals surface area contributed by atoms with E-state index in [1.807, 2.05) is 13.8 Å². The summed E-state index contributed by atoms with van der Waals surface area (Å²) in [6.07, 6.45) is 0.720. The van der Waals surface area contributed by atoms with Crippen LogP contribution in [0.5, 0.6) is 5.75 Å². The molecule has 3 rings (SSSR count). The predicted molar refractivity (Wildman–Crippen MR) is 153 cm³/mol. The number of hydrogen-bond acceptors (Lipinski definition) is 5. The van der Waals surface area contributed by atoms with Gasteiger partial charge in [0.05, 0.1) is 17.7 Å².